The van der Waals surface area contributed by atoms with Crippen LogP contribution >= 0.6 is 23.4 Å². The third-order valence-corrected chi connectivity index (χ3v) is 6.65. The number of rotatable bonds is 7. The molecule has 1 saturated carbocycles. The van der Waals surface area contributed by atoms with Crippen LogP contribution in [0.25, 0.3) is 10.9 Å². The summed E-state index contributed by atoms with van der Waals surface area (Å²) in [5, 5.41) is 15.3. The molecular weight excluding hydrogens is 382 g/mol. The molecule has 4 rings (SSSR count). The smallest absolute Gasteiger partial charge is 0.303 e. The van der Waals surface area contributed by atoms with Crippen molar-refractivity contribution in [1.82, 2.24) is 4.98 Å². The molecule has 0 spiro atoms. The normalized spacial score (nSPS) is 20.3. The molecule has 1 aliphatic carbocycles. The molecule has 0 amide bonds. The number of anilines is 1. The Labute approximate surface area is 168 Å². The Kier molecular flexibility index (Phi) is 5.64. The molecule has 0 unspecified atom stereocenters. The zero-order chi connectivity index (χ0) is 18.8. The number of nitrogens with zero attached hydrogens (tertiary/aromatic N) is 1. The van der Waals surface area contributed by atoms with E-state index in [2.05, 4.69) is 16.4 Å². The number of aliphatic imine (C=N–C) groups is 1. The minimum Gasteiger partial charge on any atom is -0.481 e. The van der Waals surface area contributed by atoms with E-state index in [4.69, 9.17) is 21.7 Å². The molecule has 2 aliphatic rings. The van der Waals surface area contributed by atoms with Gasteiger partial charge in [0.2, 0.25) is 0 Å². The summed E-state index contributed by atoms with van der Waals surface area (Å²) in [5.41, 5.74) is 3.17. The second-order valence-corrected chi connectivity index (χ2v) is 8.86. The Morgan fingerprint density at radius 3 is 2.93 bits per heavy atom. The van der Waals surface area contributed by atoms with Crippen molar-refractivity contribution in [3.8, 4) is 0 Å². The number of nitrogens with one attached hydrogen (secondary N) is 2. The molecule has 2 aromatic rings. The average Bonchev–Trinajstić information content (AvgIpc) is 3.33. The summed E-state index contributed by atoms with van der Waals surface area (Å²) < 4.78 is 0. The third kappa shape index (κ3) is 4.43. The van der Waals surface area contributed by atoms with Crippen LogP contribution < -0.4 is 5.32 Å². The number of carboxylic acids is 1. The first-order valence-electron chi connectivity index (χ1n) is 9.60. The van der Waals surface area contributed by atoms with Crippen molar-refractivity contribution in [2.75, 3.05) is 11.1 Å². The lowest BCUT2D eigenvalue weighted by Gasteiger charge is -2.14. The van der Waals surface area contributed by atoms with Gasteiger partial charge in [0.15, 0.2) is 0 Å². The maximum absolute atomic E-state index is 10.7. The predicted molar refractivity (Wildman–Crippen MR) is 113 cm³/mol. The van der Waals surface area contributed by atoms with Crippen LogP contribution in [0, 0.1) is 0 Å². The summed E-state index contributed by atoms with van der Waals surface area (Å²) in [6, 6.07) is 6.83. The van der Waals surface area contributed by atoms with Crippen LogP contribution in [0.2, 0.25) is 5.02 Å². The van der Waals surface area contributed by atoms with Gasteiger partial charge < -0.3 is 15.4 Å². The SMILES string of the molecule is O=C(O)CCC[C@@H]1CSC(c2cc3cc(Cl)cc(NC4CCCC4)c3[nH]2)=N1. The molecule has 0 radical (unpaired) electrons. The van der Waals surface area contributed by atoms with Crippen molar-refractivity contribution in [1.29, 1.82) is 0 Å². The van der Waals surface area contributed by atoms with E-state index in [1.807, 2.05) is 12.1 Å². The number of carboxylic acid groups (broad SMARTS) is 1. The number of hydrogen-bond donors (Lipinski definition) is 3. The van der Waals surface area contributed by atoms with Gasteiger partial charge in [-0.2, -0.15) is 0 Å². The number of aliphatic carboxylic acids is 1. The molecule has 144 valence electrons. The van der Waals surface area contributed by atoms with Crippen LogP contribution in [0.3, 0.4) is 0 Å². The lowest BCUT2D eigenvalue weighted by Crippen LogP contribution is -2.14. The highest BCUT2D eigenvalue weighted by molar-refractivity contribution is 8.14. The lowest BCUT2D eigenvalue weighted by atomic mass is 10.1. The highest BCUT2D eigenvalue weighted by atomic mass is 35.5. The van der Waals surface area contributed by atoms with Crippen LogP contribution in [0.1, 0.15) is 50.6 Å². The standard InChI is InChI=1S/C20H24ClN3O2S/c21-13-8-12-9-17(20-23-15(11-27-20)6-3-7-18(25)26)24-19(12)16(10-13)22-14-4-1-2-5-14/h8-10,14-15,22,24H,1-7,11H2,(H,25,26)/t15-/m1/s1. The molecule has 0 saturated heterocycles. The maximum Gasteiger partial charge on any atom is 0.303 e. The molecule has 2 heterocycles. The van der Waals surface area contributed by atoms with Gasteiger partial charge in [0, 0.05) is 28.6 Å². The Bertz CT molecular complexity index is 873. The quantitative estimate of drug-likeness (QED) is 0.584. The van der Waals surface area contributed by atoms with Crippen LogP contribution in [0.4, 0.5) is 5.69 Å². The highest BCUT2D eigenvalue weighted by Gasteiger charge is 2.22. The van der Waals surface area contributed by atoms with Crippen molar-refractivity contribution in [3.63, 3.8) is 0 Å². The Morgan fingerprint density at radius 2 is 2.15 bits per heavy atom. The lowest BCUT2D eigenvalue weighted by molar-refractivity contribution is -0.137. The van der Waals surface area contributed by atoms with E-state index >= 15 is 0 Å². The number of carbonyl (C=O) groups is 1. The van der Waals surface area contributed by atoms with E-state index < -0.39 is 5.97 Å². The van der Waals surface area contributed by atoms with E-state index in [9.17, 15) is 4.79 Å². The molecule has 1 aromatic carbocycles. The number of hydrogen-bond acceptors (Lipinski definition) is 4. The number of aromatic nitrogens is 1. The fraction of sp³-hybridized carbons (Fsp3) is 0.500. The van der Waals surface area contributed by atoms with Crippen LogP contribution in [-0.4, -0.2) is 38.9 Å². The van der Waals surface area contributed by atoms with Crippen LogP contribution in [0.5, 0.6) is 0 Å². The summed E-state index contributed by atoms with van der Waals surface area (Å²) in [6.07, 6.45) is 6.71. The van der Waals surface area contributed by atoms with Crippen molar-refractivity contribution >= 4 is 51.0 Å². The van der Waals surface area contributed by atoms with Gasteiger partial charge in [-0.25, -0.2) is 0 Å². The molecule has 0 bridgehead atoms. The highest BCUT2D eigenvalue weighted by Crippen LogP contribution is 2.33. The first-order chi connectivity index (χ1) is 13.1. The largest absolute Gasteiger partial charge is 0.481 e. The number of fused-ring (bicyclic) bond motifs is 1. The van der Waals surface area contributed by atoms with Gasteiger partial charge in [-0.1, -0.05) is 24.4 Å². The zero-order valence-corrected chi connectivity index (χ0v) is 16.7. The number of benzene rings is 1. The van der Waals surface area contributed by atoms with Crippen molar-refractivity contribution in [3.05, 3.63) is 28.9 Å². The molecular formula is C20H24ClN3O2S. The second kappa shape index (κ2) is 8.15. The molecule has 1 aliphatic heterocycles. The summed E-state index contributed by atoms with van der Waals surface area (Å²) >= 11 is 8.09. The van der Waals surface area contributed by atoms with Crippen molar-refractivity contribution < 1.29 is 9.90 Å². The summed E-state index contributed by atoms with van der Waals surface area (Å²) in [6.45, 7) is 0. The Hall–Kier alpha value is -1.66. The van der Waals surface area contributed by atoms with Crippen molar-refractivity contribution in [2.45, 2.75) is 57.0 Å². The minimum absolute atomic E-state index is 0.204. The third-order valence-electron chi connectivity index (χ3n) is 5.28. The maximum atomic E-state index is 10.7. The number of aromatic amines is 1. The zero-order valence-electron chi connectivity index (χ0n) is 15.1. The number of thioether (sulfide) groups is 1. The molecule has 7 heteroatoms. The summed E-state index contributed by atoms with van der Waals surface area (Å²) in [5.74, 6) is 0.178. The summed E-state index contributed by atoms with van der Waals surface area (Å²) in [7, 11) is 0. The first kappa shape index (κ1) is 18.7. The van der Waals surface area contributed by atoms with Crippen LogP contribution in [0.15, 0.2) is 23.2 Å². The van der Waals surface area contributed by atoms with E-state index in [-0.39, 0.29) is 12.5 Å². The minimum atomic E-state index is -0.736. The molecule has 1 atom stereocenters. The van der Waals surface area contributed by atoms with E-state index in [0.717, 1.165) is 44.5 Å². The topological polar surface area (TPSA) is 77.5 Å². The molecule has 3 N–H and O–H groups in total. The van der Waals surface area contributed by atoms with Gasteiger partial charge in [0.25, 0.3) is 0 Å². The van der Waals surface area contributed by atoms with Crippen LogP contribution in [-0.2, 0) is 4.79 Å². The fourth-order valence-corrected chi connectivity index (χ4v) is 5.23. The van der Waals surface area contributed by atoms with Gasteiger partial charge in [-0.15, -0.1) is 11.8 Å². The average molecular weight is 406 g/mol. The van der Waals surface area contributed by atoms with Gasteiger partial charge in [-0.3, -0.25) is 9.79 Å². The van der Waals surface area contributed by atoms with E-state index in [1.165, 1.54) is 25.7 Å². The predicted octanol–water partition coefficient (Wildman–Crippen LogP) is 5.29. The molecule has 1 fully saturated rings. The van der Waals surface area contributed by atoms with Gasteiger partial charge in [0.1, 0.15) is 5.04 Å². The van der Waals surface area contributed by atoms with Crippen molar-refractivity contribution in [2.24, 2.45) is 4.99 Å². The first-order valence-corrected chi connectivity index (χ1v) is 11.0. The van der Waals surface area contributed by atoms with E-state index in [0.29, 0.717) is 12.5 Å². The number of halogens is 1. The van der Waals surface area contributed by atoms with E-state index in [1.54, 1.807) is 11.8 Å². The second-order valence-electron chi connectivity index (χ2n) is 7.41. The van der Waals surface area contributed by atoms with Gasteiger partial charge in [0.05, 0.1) is 22.9 Å². The monoisotopic (exact) mass is 405 g/mol. The fourth-order valence-electron chi connectivity index (χ4n) is 3.93. The Morgan fingerprint density at radius 1 is 1.33 bits per heavy atom. The summed E-state index contributed by atoms with van der Waals surface area (Å²) in [4.78, 5) is 19.0. The Balaban J connectivity index is 1.53. The molecule has 1 aromatic heterocycles. The van der Waals surface area contributed by atoms with Gasteiger partial charge >= 0.3 is 5.97 Å². The number of H-pyrrole nitrogens is 1. The molecule has 27 heavy (non-hydrogen) atoms. The van der Waals surface area contributed by atoms with Gasteiger partial charge in [-0.05, 0) is 43.9 Å². The molecule has 5 nitrogen and oxygen atoms in total.